The molecule has 17 heavy (non-hydrogen) atoms. The molecule has 0 radical (unpaired) electrons. The molecule has 0 unspecified atom stereocenters. The predicted molar refractivity (Wildman–Crippen MR) is 66.2 cm³/mol. The Morgan fingerprint density at radius 3 is 2.88 bits per heavy atom. The van der Waals surface area contributed by atoms with E-state index < -0.39 is 0 Å². The third-order valence-electron chi connectivity index (χ3n) is 3.32. The summed E-state index contributed by atoms with van der Waals surface area (Å²) in [7, 11) is 0. The van der Waals surface area contributed by atoms with Crippen molar-refractivity contribution in [1.82, 2.24) is 15.6 Å². The largest absolute Gasteiger partial charge is 0.354 e. The fourth-order valence-corrected chi connectivity index (χ4v) is 2.40. The van der Waals surface area contributed by atoms with Crippen molar-refractivity contribution in [2.45, 2.75) is 38.1 Å². The Bertz CT molecular complexity index is 298. The summed E-state index contributed by atoms with van der Waals surface area (Å²) in [6.07, 6.45) is 5.67. The molecule has 0 bridgehead atoms. The van der Waals surface area contributed by atoms with E-state index in [1.807, 2.05) is 4.90 Å². The summed E-state index contributed by atoms with van der Waals surface area (Å²) < 4.78 is 0. The van der Waals surface area contributed by atoms with Crippen molar-refractivity contribution < 1.29 is 4.79 Å². The average Bonchev–Trinajstić information content (AvgIpc) is 2.74. The van der Waals surface area contributed by atoms with Gasteiger partial charge in [-0.3, -0.25) is 10.2 Å². The van der Waals surface area contributed by atoms with Gasteiger partial charge in [-0.25, -0.2) is 10.8 Å². The van der Waals surface area contributed by atoms with E-state index in [0.717, 1.165) is 32.4 Å². The molecule has 96 valence electrons. The number of carbonyl (C=O) groups is 1. The number of nitrogens with two attached hydrogens (primary N) is 1. The lowest BCUT2D eigenvalue weighted by Gasteiger charge is -2.23. The number of hydrazine groups is 1. The van der Waals surface area contributed by atoms with Gasteiger partial charge in [0.05, 0.1) is 12.6 Å². The van der Waals surface area contributed by atoms with Gasteiger partial charge in [-0.1, -0.05) is 12.8 Å². The highest BCUT2D eigenvalue weighted by Gasteiger charge is 2.20. The van der Waals surface area contributed by atoms with Crippen molar-refractivity contribution in [3.8, 4) is 0 Å². The molecule has 1 amide bonds. The van der Waals surface area contributed by atoms with E-state index in [2.05, 4.69) is 15.7 Å². The molecule has 2 rings (SSSR count). The third-order valence-corrected chi connectivity index (χ3v) is 3.32. The quantitative estimate of drug-likeness (QED) is 0.251. The second-order valence-electron chi connectivity index (χ2n) is 4.66. The van der Waals surface area contributed by atoms with Gasteiger partial charge in [0.2, 0.25) is 11.9 Å². The maximum absolute atomic E-state index is 11.5. The summed E-state index contributed by atoms with van der Waals surface area (Å²) >= 11 is 0. The Balaban J connectivity index is 2.02. The van der Waals surface area contributed by atoms with Crippen LogP contribution in [0.1, 0.15) is 32.1 Å². The molecular weight excluding hydrogens is 218 g/mol. The Morgan fingerprint density at radius 1 is 1.41 bits per heavy atom. The van der Waals surface area contributed by atoms with E-state index in [9.17, 15) is 4.79 Å². The number of hydrogen-bond acceptors (Lipinski definition) is 3. The van der Waals surface area contributed by atoms with Crippen LogP contribution in [-0.2, 0) is 4.79 Å². The summed E-state index contributed by atoms with van der Waals surface area (Å²) in [6, 6.07) is 0.368. The maximum atomic E-state index is 11.5. The molecule has 1 saturated carbocycles. The van der Waals surface area contributed by atoms with Gasteiger partial charge in [0.25, 0.3) is 0 Å². The molecule has 0 spiro atoms. The predicted octanol–water partition coefficient (Wildman–Crippen LogP) is -0.430. The molecule has 1 aliphatic carbocycles. The molecule has 0 aromatic carbocycles. The number of nitrogens with one attached hydrogen (secondary N) is 2. The smallest absolute Gasteiger partial charge is 0.239 e. The van der Waals surface area contributed by atoms with E-state index >= 15 is 0 Å². The number of guanidine groups is 1. The molecule has 2 fully saturated rings. The molecular formula is C11H21N5O. The molecule has 4 N–H and O–H groups in total. The van der Waals surface area contributed by atoms with Crippen molar-refractivity contribution in [3.63, 3.8) is 0 Å². The Kier molecular flexibility index (Phi) is 4.19. The molecule has 2 aliphatic rings. The van der Waals surface area contributed by atoms with Crippen LogP contribution in [0.4, 0.5) is 0 Å². The van der Waals surface area contributed by atoms with Crippen LogP contribution >= 0.6 is 0 Å². The number of rotatable bonds is 1. The van der Waals surface area contributed by atoms with Gasteiger partial charge in [-0.15, -0.1) is 0 Å². The highest BCUT2D eigenvalue weighted by molar-refractivity contribution is 5.86. The van der Waals surface area contributed by atoms with Crippen molar-refractivity contribution in [2.75, 3.05) is 19.6 Å². The summed E-state index contributed by atoms with van der Waals surface area (Å²) in [4.78, 5) is 18.0. The van der Waals surface area contributed by atoms with E-state index in [4.69, 9.17) is 5.84 Å². The van der Waals surface area contributed by atoms with Crippen molar-refractivity contribution in [3.05, 3.63) is 0 Å². The zero-order valence-electron chi connectivity index (χ0n) is 10.1. The topological polar surface area (TPSA) is 82.8 Å². The Labute approximate surface area is 102 Å². The van der Waals surface area contributed by atoms with E-state index in [1.165, 1.54) is 12.8 Å². The number of aliphatic imine (C=N–C) groups is 1. The average molecular weight is 239 g/mol. The van der Waals surface area contributed by atoms with E-state index in [0.29, 0.717) is 18.5 Å². The molecule has 1 saturated heterocycles. The molecule has 6 nitrogen and oxygen atoms in total. The van der Waals surface area contributed by atoms with Crippen LogP contribution in [0.25, 0.3) is 0 Å². The van der Waals surface area contributed by atoms with Crippen LogP contribution in [0.2, 0.25) is 0 Å². The lowest BCUT2D eigenvalue weighted by Crippen LogP contribution is -2.47. The number of carbonyl (C=O) groups excluding carboxylic acids is 1. The zero-order valence-corrected chi connectivity index (χ0v) is 10.1. The second kappa shape index (κ2) is 5.86. The van der Waals surface area contributed by atoms with Gasteiger partial charge < -0.3 is 10.2 Å². The lowest BCUT2D eigenvalue weighted by atomic mass is 10.3. The van der Waals surface area contributed by atoms with Crippen molar-refractivity contribution in [1.29, 1.82) is 0 Å². The molecule has 1 heterocycles. The van der Waals surface area contributed by atoms with Gasteiger partial charge >= 0.3 is 0 Å². The fraction of sp³-hybridized carbons (Fsp3) is 0.818. The first-order valence-electron chi connectivity index (χ1n) is 6.35. The van der Waals surface area contributed by atoms with Gasteiger partial charge in [-0.2, -0.15) is 0 Å². The first kappa shape index (κ1) is 12.2. The second-order valence-corrected chi connectivity index (χ2v) is 4.66. The fourth-order valence-electron chi connectivity index (χ4n) is 2.40. The molecule has 6 heteroatoms. The van der Waals surface area contributed by atoms with Crippen molar-refractivity contribution >= 4 is 11.9 Å². The molecule has 1 aliphatic heterocycles. The Hall–Kier alpha value is -1.30. The van der Waals surface area contributed by atoms with Crippen LogP contribution < -0.4 is 16.6 Å². The minimum atomic E-state index is 0.0388. The first-order valence-corrected chi connectivity index (χ1v) is 6.35. The highest BCUT2D eigenvalue weighted by Crippen LogP contribution is 2.21. The summed E-state index contributed by atoms with van der Waals surface area (Å²) in [5, 5.41) is 2.84. The maximum Gasteiger partial charge on any atom is 0.239 e. The summed E-state index contributed by atoms with van der Waals surface area (Å²) in [5.74, 6) is 6.22. The number of amides is 1. The standard InChI is InChI=1S/C11H21N5O/c12-15-11(14-9-4-1-2-5-9)16-7-3-6-13-10(17)8-16/h9H,1-8,12H2,(H,13,17)(H,14,15). The van der Waals surface area contributed by atoms with E-state index in [-0.39, 0.29) is 5.91 Å². The summed E-state index contributed by atoms with van der Waals surface area (Å²) in [5.41, 5.74) is 2.64. The van der Waals surface area contributed by atoms with Crippen molar-refractivity contribution in [2.24, 2.45) is 10.8 Å². The molecule has 0 atom stereocenters. The first-order chi connectivity index (χ1) is 8.29. The molecule has 0 aromatic heterocycles. The van der Waals surface area contributed by atoms with Gasteiger partial charge in [-0.05, 0) is 19.3 Å². The van der Waals surface area contributed by atoms with Crippen LogP contribution in [0.5, 0.6) is 0 Å². The minimum absolute atomic E-state index is 0.0388. The van der Waals surface area contributed by atoms with E-state index in [1.54, 1.807) is 0 Å². The SMILES string of the molecule is NNC(=NC1CCCC1)N1CCCNC(=O)C1. The third kappa shape index (κ3) is 3.33. The lowest BCUT2D eigenvalue weighted by molar-refractivity contribution is -0.120. The normalized spacial score (nSPS) is 23.5. The summed E-state index contributed by atoms with van der Waals surface area (Å²) in [6.45, 7) is 1.89. The van der Waals surface area contributed by atoms with Gasteiger partial charge in [0.15, 0.2) is 0 Å². The number of nitrogens with zero attached hydrogens (tertiary/aromatic N) is 2. The van der Waals surface area contributed by atoms with Crippen LogP contribution in [0.15, 0.2) is 4.99 Å². The molecule has 0 aromatic rings. The van der Waals surface area contributed by atoms with Crippen LogP contribution in [0, 0.1) is 0 Å². The highest BCUT2D eigenvalue weighted by atomic mass is 16.2. The van der Waals surface area contributed by atoms with Gasteiger partial charge in [0, 0.05) is 13.1 Å². The monoisotopic (exact) mass is 239 g/mol. The van der Waals surface area contributed by atoms with Gasteiger partial charge in [0.1, 0.15) is 0 Å². The Morgan fingerprint density at radius 2 is 2.18 bits per heavy atom. The minimum Gasteiger partial charge on any atom is -0.354 e. The zero-order chi connectivity index (χ0) is 12.1. The van der Waals surface area contributed by atoms with Crippen LogP contribution in [0.3, 0.4) is 0 Å². The number of hydrogen-bond donors (Lipinski definition) is 3. The van der Waals surface area contributed by atoms with Crippen LogP contribution in [-0.4, -0.2) is 42.4 Å².